The normalized spacial score (nSPS) is 10.5. The Hall–Kier alpha value is -3.93. The van der Waals surface area contributed by atoms with Gasteiger partial charge in [0, 0.05) is 18.7 Å². The van der Waals surface area contributed by atoms with Crippen LogP contribution in [0, 0.1) is 0 Å². The number of nitrogens with one attached hydrogen (secondary N) is 1. The number of nitrogens with two attached hydrogens (primary N) is 1. The summed E-state index contributed by atoms with van der Waals surface area (Å²) in [5, 5.41) is 3.01. The van der Waals surface area contributed by atoms with Crippen molar-refractivity contribution in [2.24, 2.45) is 0 Å². The number of nitrogen functional groups attached to an aromatic ring is 1. The fourth-order valence-corrected chi connectivity index (χ4v) is 2.75. The Morgan fingerprint density at radius 2 is 1.50 bits per heavy atom. The Labute approximate surface area is 163 Å². The first kappa shape index (κ1) is 17.5. The van der Waals surface area contributed by atoms with Gasteiger partial charge < -0.3 is 15.8 Å². The molecule has 0 radical (unpaired) electrons. The molecule has 2 aromatic heterocycles. The van der Waals surface area contributed by atoms with Crippen LogP contribution >= 0.6 is 0 Å². The van der Waals surface area contributed by atoms with E-state index < -0.39 is 0 Å². The number of anilines is 2. The molecule has 6 heteroatoms. The molecule has 0 aliphatic rings. The monoisotopic (exact) mass is 369 g/mol. The zero-order chi connectivity index (χ0) is 19.3. The van der Waals surface area contributed by atoms with Gasteiger partial charge in [-0.3, -0.25) is 0 Å². The number of para-hydroxylation sites is 1. The van der Waals surface area contributed by atoms with Crippen molar-refractivity contribution in [3.8, 4) is 34.3 Å². The molecule has 0 aliphatic heterocycles. The first-order valence-electron chi connectivity index (χ1n) is 8.84. The minimum atomic E-state index is 0.390. The van der Waals surface area contributed by atoms with Crippen LogP contribution < -0.4 is 15.8 Å². The molecule has 0 saturated carbocycles. The van der Waals surface area contributed by atoms with Crippen molar-refractivity contribution in [2.75, 3.05) is 18.1 Å². The third kappa shape index (κ3) is 3.91. The van der Waals surface area contributed by atoms with Crippen molar-refractivity contribution in [2.45, 2.75) is 0 Å². The number of ether oxygens (including phenoxy) is 1. The summed E-state index contributed by atoms with van der Waals surface area (Å²) in [6.07, 6.45) is 0. The van der Waals surface area contributed by atoms with Crippen molar-refractivity contribution in [1.82, 2.24) is 15.0 Å². The minimum absolute atomic E-state index is 0.390. The van der Waals surface area contributed by atoms with Crippen LogP contribution in [0.15, 0.2) is 78.9 Å². The summed E-state index contributed by atoms with van der Waals surface area (Å²) >= 11 is 0. The molecule has 0 unspecified atom stereocenters. The van der Waals surface area contributed by atoms with Crippen molar-refractivity contribution in [3.63, 3.8) is 0 Å². The fraction of sp³-hybridized carbons (Fsp3) is 0.0455. The highest BCUT2D eigenvalue weighted by Crippen LogP contribution is 2.27. The van der Waals surface area contributed by atoms with Crippen LogP contribution in [-0.4, -0.2) is 22.0 Å². The number of rotatable bonds is 5. The molecule has 0 bridgehead atoms. The second-order valence-corrected chi connectivity index (χ2v) is 6.10. The average Bonchev–Trinajstić information content (AvgIpc) is 2.74. The Balaban J connectivity index is 1.63. The van der Waals surface area contributed by atoms with E-state index in [0.29, 0.717) is 17.3 Å². The Morgan fingerprint density at radius 3 is 2.25 bits per heavy atom. The highest BCUT2D eigenvalue weighted by Gasteiger charge is 2.09. The van der Waals surface area contributed by atoms with Crippen LogP contribution in [0.1, 0.15) is 0 Å². The van der Waals surface area contributed by atoms with E-state index in [9.17, 15) is 0 Å². The maximum atomic E-state index is 6.02. The molecule has 0 amide bonds. The summed E-state index contributed by atoms with van der Waals surface area (Å²) in [6.45, 7) is 0. The molecule has 0 aliphatic carbocycles. The Kier molecular flexibility index (Phi) is 4.84. The van der Waals surface area contributed by atoms with Crippen LogP contribution in [0.4, 0.5) is 11.6 Å². The van der Waals surface area contributed by atoms with Gasteiger partial charge >= 0.3 is 0 Å². The molecule has 6 nitrogen and oxygen atoms in total. The van der Waals surface area contributed by atoms with E-state index in [4.69, 9.17) is 10.5 Å². The van der Waals surface area contributed by atoms with Gasteiger partial charge in [-0.05, 0) is 48.5 Å². The number of aromatic nitrogens is 3. The standard InChI is InChI=1S/C22H19N5O/c1-24-21-9-5-8-18(25-21)22-26-19(14-20(23)27-22)15-10-12-17(13-11-15)28-16-6-3-2-4-7-16/h2-14H,1H3,(H,24,25)(H2,23,26,27). The van der Waals surface area contributed by atoms with Gasteiger partial charge in [0.25, 0.3) is 0 Å². The number of nitrogens with zero attached hydrogens (tertiary/aromatic N) is 3. The lowest BCUT2D eigenvalue weighted by atomic mass is 10.1. The SMILES string of the molecule is CNc1cccc(-c2nc(N)cc(-c3ccc(Oc4ccccc4)cc3)n2)n1. The van der Waals surface area contributed by atoms with Gasteiger partial charge in [-0.1, -0.05) is 24.3 Å². The predicted octanol–water partition coefficient (Wildman–Crippen LogP) is 4.62. The summed E-state index contributed by atoms with van der Waals surface area (Å²) < 4.78 is 5.84. The Bertz CT molecular complexity index is 1080. The van der Waals surface area contributed by atoms with Crippen molar-refractivity contribution in [3.05, 3.63) is 78.9 Å². The van der Waals surface area contributed by atoms with Crippen molar-refractivity contribution in [1.29, 1.82) is 0 Å². The van der Waals surface area contributed by atoms with Gasteiger partial charge in [-0.25, -0.2) is 15.0 Å². The molecule has 4 rings (SSSR count). The quantitative estimate of drug-likeness (QED) is 0.534. The first-order valence-corrected chi connectivity index (χ1v) is 8.84. The summed E-state index contributed by atoms with van der Waals surface area (Å²) in [7, 11) is 1.82. The smallest absolute Gasteiger partial charge is 0.180 e. The van der Waals surface area contributed by atoms with Crippen LogP contribution in [0.3, 0.4) is 0 Å². The van der Waals surface area contributed by atoms with E-state index >= 15 is 0 Å². The highest BCUT2D eigenvalue weighted by atomic mass is 16.5. The van der Waals surface area contributed by atoms with Gasteiger partial charge in [0.05, 0.1) is 5.69 Å². The van der Waals surface area contributed by atoms with Crippen LogP contribution in [-0.2, 0) is 0 Å². The van der Waals surface area contributed by atoms with E-state index in [-0.39, 0.29) is 0 Å². The fourth-order valence-electron chi connectivity index (χ4n) is 2.75. The van der Waals surface area contributed by atoms with Crippen LogP contribution in [0.2, 0.25) is 0 Å². The molecule has 4 aromatic rings. The second-order valence-electron chi connectivity index (χ2n) is 6.10. The highest BCUT2D eigenvalue weighted by molar-refractivity contribution is 5.66. The lowest BCUT2D eigenvalue weighted by Crippen LogP contribution is -2.00. The zero-order valence-corrected chi connectivity index (χ0v) is 15.3. The number of hydrogen-bond acceptors (Lipinski definition) is 6. The molecule has 3 N–H and O–H groups in total. The van der Waals surface area contributed by atoms with Gasteiger partial charge in [-0.2, -0.15) is 0 Å². The van der Waals surface area contributed by atoms with Gasteiger partial charge in [-0.15, -0.1) is 0 Å². The lowest BCUT2D eigenvalue weighted by molar-refractivity contribution is 0.483. The third-order valence-corrected chi connectivity index (χ3v) is 4.11. The number of benzene rings is 2. The van der Waals surface area contributed by atoms with Crippen molar-refractivity contribution >= 4 is 11.6 Å². The third-order valence-electron chi connectivity index (χ3n) is 4.11. The molecule has 28 heavy (non-hydrogen) atoms. The van der Waals surface area contributed by atoms with Crippen molar-refractivity contribution < 1.29 is 4.74 Å². The molecule has 0 saturated heterocycles. The number of pyridine rings is 1. The maximum Gasteiger partial charge on any atom is 0.180 e. The van der Waals surface area contributed by atoms with E-state index in [1.807, 2.05) is 79.8 Å². The maximum absolute atomic E-state index is 6.02. The molecule has 138 valence electrons. The molecule has 0 spiro atoms. The van der Waals surface area contributed by atoms with Gasteiger partial charge in [0.1, 0.15) is 28.8 Å². The largest absolute Gasteiger partial charge is 0.457 e. The predicted molar refractivity (Wildman–Crippen MR) is 111 cm³/mol. The van der Waals surface area contributed by atoms with E-state index in [1.54, 1.807) is 6.07 Å². The second kappa shape index (κ2) is 7.75. The summed E-state index contributed by atoms with van der Waals surface area (Å²) in [4.78, 5) is 13.5. The van der Waals surface area contributed by atoms with E-state index in [1.165, 1.54) is 0 Å². The molecule has 2 aromatic carbocycles. The average molecular weight is 369 g/mol. The summed E-state index contributed by atoms with van der Waals surface area (Å²) in [5.41, 5.74) is 8.32. The van der Waals surface area contributed by atoms with Gasteiger partial charge in [0.2, 0.25) is 0 Å². The van der Waals surface area contributed by atoms with Crippen LogP contribution in [0.5, 0.6) is 11.5 Å². The number of hydrogen-bond donors (Lipinski definition) is 2. The minimum Gasteiger partial charge on any atom is -0.457 e. The molecular formula is C22H19N5O. The molecule has 0 atom stereocenters. The summed E-state index contributed by atoms with van der Waals surface area (Å²) in [5.74, 6) is 3.16. The molecule has 2 heterocycles. The zero-order valence-electron chi connectivity index (χ0n) is 15.3. The van der Waals surface area contributed by atoms with E-state index in [0.717, 1.165) is 28.6 Å². The molecule has 0 fully saturated rings. The summed E-state index contributed by atoms with van der Waals surface area (Å²) in [6, 6.07) is 24.7. The van der Waals surface area contributed by atoms with E-state index in [2.05, 4.69) is 20.3 Å². The van der Waals surface area contributed by atoms with Crippen LogP contribution in [0.25, 0.3) is 22.8 Å². The lowest BCUT2D eigenvalue weighted by Gasteiger charge is -2.09. The van der Waals surface area contributed by atoms with Gasteiger partial charge in [0.15, 0.2) is 5.82 Å². The molecular weight excluding hydrogens is 350 g/mol. The topological polar surface area (TPSA) is 86.0 Å². The Morgan fingerprint density at radius 1 is 0.750 bits per heavy atom. The first-order chi connectivity index (χ1) is 13.7.